The number of hydrazine groups is 1. The average molecular weight is 362 g/mol. The molecule has 2 amide bonds. The van der Waals surface area contributed by atoms with Crippen LogP contribution in [0.4, 0.5) is 0 Å². The van der Waals surface area contributed by atoms with Crippen molar-refractivity contribution in [1.29, 1.82) is 0 Å². The Labute approximate surface area is 158 Å². The molecule has 27 heavy (non-hydrogen) atoms. The Bertz CT molecular complexity index is 1010. The van der Waals surface area contributed by atoms with Crippen LogP contribution in [0.3, 0.4) is 0 Å². The Kier molecular flexibility index (Phi) is 5.07. The lowest BCUT2D eigenvalue weighted by molar-refractivity contribution is 0.0845. The van der Waals surface area contributed by atoms with E-state index in [0.717, 1.165) is 16.8 Å². The highest BCUT2D eigenvalue weighted by Gasteiger charge is 2.20. The van der Waals surface area contributed by atoms with Gasteiger partial charge < -0.3 is 0 Å². The first-order chi connectivity index (χ1) is 12.9. The fourth-order valence-corrected chi connectivity index (χ4v) is 3.10. The van der Waals surface area contributed by atoms with Gasteiger partial charge in [-0.05, 0) is 51.5 Å². The van der Waals surface area contributed by atoms with Gasteiger partial charge in [-0.25, -0.2) is 4.68 Å². The summed E-state index contributed by atoms with van der Waals surface area (Å²) in [6, 6.07) is 15.1. The van der Waals surface area contributed by atoms with Crippen LogP contribution < -0.4 is 10.9 Å². The molecule has 138 valence electrons. The van der Waals surface area contributed by atoms with E-state index in [4.69, 9.17) is 0 Å². The van der Waals surface area contributed by atoms with Crippen molar-refractivity contribution in [1.82, 2.24) is 20.6 Å². The van der Waals surface area contributed by atoms with Crippen molar-refractivity contribution < 1.29 is 9.59 Å². The van der Waals surface area contributed by atoms with E-state index >= 15 is 0 Å². The summed E-state index contributed by atoms with van der Waals surface area (Å²) in [5.74, 6) is -0.753. The average Bonchev–Trinajstić information content (AvgIpc) is 2.94. The van der Waals surface area contributed by atoms with Crippen molar-refractivity contribution in [2.24, 2.45) is 0 Å². The Morgan fingerprint density at radius 3 is 2.22 bits per heavy atom. The summed E-state index contributed by atoms with van der Waals surface area (Å²) in [6.07, 6.45) is 0. The lowest BCUT2D eigenvalue weighted by atomic mass is 10.1. The Balaban J connectivity index is 1.77. The van der Waals surface area contributed by atoms with Gasteiger partial charge in [-0.1, -0.05) is 35.9 Å². The summed E-state index contributed by atoms with van der Waals surface area (Å²) in [6.45, 7) is 7.43. The summed E-state index contributed by atoms with van der Waals surface area (Å²) in [7, 11) is 0. The Morgan fingerprint density at radius 2 is 1.56 bits per heavy atom. The van der Waals surface area contributed by atoms with Crippen LogP contribution in [0.15, 0.2) is 48.5 Å². The molecular weight excluding hydrogens is 340 g/mol. The number of rotatable bonds is 3. The minimum Gasteiger partial charge on any atom is -0.267 e. The third kappa shape index (κ3) is 3.74. The van der Waals surface area contributed by atoms with Gasteiger partial charge in [-0.15, -0.1) is 0 Å². The number of nitrogens with zero attached hydrogens (tertiary/aromatic N) is 2. The van der Waals surface area contributed by atoms with Crippen LogP contribution in [0, 0.1) is 27.7 Å². The fraction of sp³-hybridized carbons (Fsp3) is 0.190. The molecule has 0 spiro atoms. The van der Waals surface area contributed by atoms with Gasteiger partial charge in [0.1, 0.15) is 0 Å². The third-order valence-corrected chi connectivity index (χ3v) is 4.44. The summed E-state index contributed by atoms with van der Waals surface area (Å²) in [5.41, 5.74) is 10.0. The van der Waals surface area contributed by atoms with Gasteiger partial charge >= 0.3 is 0 Å². The molecule has 0 saturated heterocycles. The summed E-state index contributed by atoms with van der Waals surface area (Å²) in [4.78, 5) is 25.0. The lowest BCUT2D eigenvalue weighted by Crippen LogP contribution is -2.42. The SMILES string of the molecule is Cc1ccc(C(=O)NNC(=O)c2c(C)nn(-c3ccccc3)c2C)c(C)c1. The summed E-state index contributed by atoms with van der Waals surface area (Å²) in [5, 5.41) is 4.45. The number of amides is 2. The molecule has 0 saturated carbocycles. The van der Waals surface area contributed by atoms with Crippen LogP contribution in [-0.2, 0) is 0 Å². The predicted octanol–water partition coefficient (Wildman–Crippen LogP) is 3.18. The fourth-order valence-electron chi connectivity index (χ4n) is 3.10. The van der Waals surface area contributed by atoms with Gasteiger partial charge in [0, 0.05) is 5.56 Å². The maximum absolute atomic E-state index is 12.6. The maximum atomic E-state index is 12.6. The number of aromatic nitrogens is 2. The first kappa shape index (κ1) is 18.4. The topological polar surface area (TPSA) is 76.0 Å². The minimum absolute atomic E-state index is 0.355. The van der Waals surface area contributed by atoms with Crippen molar-refractivity contribution in [2.75, 3.05) is 0 Å². The van der Waals surface area contributed by atoms with E-state index in [1.807, 2.05) is 63.2 Å². The molecule has 6 nitrogen and oxygen atoms in total. The van der Waals surface area contributed by atoms with E-state index < -0.39 is 5.91 Å². The number of aryl methyl sites for hydroxylation is 3. The molecular formula is C21H22N4O2. The highest BCUT2D eigenvalue weighted by atomic mass is 16.2. The molecule has 0 unspecified atom stereocenters. The number of hydrogen-bond acceptors (Lipinski definition) is 3. The quantitative estimate of drug-likeness (QED) is 0.703. The zero-order valence-corrected chi connectivity index (χ0v) is 15.8. The van der Waals surface area contributed by atoms with E-state index in [1.54, 1.807) is 17.7 Å². The predicted molar refractivity (Wildman–Crippen MR) is 104 cm³/mol. The molecule has 0 atom stereocenters. The summed E-state index contributed by atoms with van der Waals surface area (Å²) >= 11 is 0. The van der Waals surface area contributed by atoms with E-state index in [9.17, 15) is 9.59 Å². The van der Waals surface area contributed by atoms with Crippen molar-refractivity contribution >= 4 is 11.8 Å². The number of hydrogen-bond donors (Lipinski definition) is 2. The van der Waals surface area contributed by atoms with Crippen LogP contribution >= 0.6 is 0 Å². The first-order valence-corrected chi connectivity index (χ1v) is 8.68. The van der Waals surface area contributed by atoms with Crippen molar-refractivity contribution in [3.63, 3.8) is 0 Å². The van der Waals surface area contributed by atoms with Gasteiger partial charge in [0.25, 0.3) is 11.8 Å². The van der Waals surface area contributed by atoms with E-state index in [-0.39, 0.29) is 5.91 Å². The largest absolute Gasteiger partial charge is 0.273 e. The number of carbonyl (C=O) groups is 2. The standard InChI is InChI=1S/C21H22N4O2/c1-13-10-11-18(14(2)12-13)20(26)22-23-21(27)19-15(3)24-25(16(19)4)17-8-6-5-7-9-17/h5-12H,1-4H3,(H,22,26)(H,23,27). The van der Waals surface area contributed by atoms with E-state index in [2.05, 4.69) is 16.0 Å². The number of benzene rings is 2. The van der Waals surface area contributed by atoms with Crippen LogP contribution in [0.25, 0.3) is 5.69 Å². The van der Waals surface area contributed by atoms with Gasteiger partial charge in [0.2, 0.25) is 0 Å². The molecule has 6 heteroatoms. The highest BCUT2D eigenvalue weighted by Crippen LogP contribution is 2.17. The molecule has 3 rings (SSSR count). The zero-order valence-electron chi connectivity index (χ0n) is 15.8. The van der Waals surface area contributed by atoms with Crippen LogP contribution in [0.1, 0.15) is 43.2 Å². The molecule has 0 radical (unpaired) electrons. The van der Waals surface area contributed by atoms with Crippen LogP contribution in [0.5, 0.6) is 0 Å². The van der Waals surface area contributed by atoms with Crippen molar-refractivity contribution in [3.8, 4) is 5.69 Å². The molecule has 0 aliphatic carbocycles. The van der Waals surface area contributed by atoms with Crippen LogP contribution in [-0.4, -0.2) is 21.6 Å². The molecule has 0 bridgehead atoms. The molecule has 1 heterocycles. The molecule has 3 aromatic rings. The Hall–Kier alpha value is -3.41. The van der Waals surface area contributed by atoms with E-state index in [0.29, 0.717) is 22.5 Å². The lowest BCUT2D eigenvalue weighted by Gasteiger charge is -2.10. The molecule has 0 fully saturated rings. The number of para-hydroxylation sites is 1. The van der Waals surface area contributed by atoms with Crippen molar-refractivity contribution in [2.45, 2.75) is 27.7 Å². The zero-order chi connectivity index (χ0) is 19.6. The second-order valence-corrected chi connectivity index (χ2v) is 6.52. The normalized spacial score (nSPS) is 10.5. The molecule has 0 aliphatic heterocycles. The molecule has 0 aliphatic rings. The summed E-state index contributed by atoms with van der Waals surface area (Å²) < 4.78 is 1.72. The monoisotopic (exact) mass is 362 g/mol. The second-order valence-electron chi connectivity index (χ2n) is 6.52. The molecule has 1 aromatic heterocycles. The second kappa shape index (κ2) is 7.45. The van der Waals surface area contributed by atoms with E-state index in [1.165, 1.54) is 0 Å². The van der Waals surface area contributed by atoms with Gasteiger partial charge in [-0.2, -0.15) is 5.10 Å². The molecule has 2 N–H and O–H groups in total. The maximum Gasteiger partial charge on any atom is 0.273 e. The minimum atomic E-state index is -0.398. The smallest absolute Gasteiger partial charge is 0.267 e. The highest BCUT2D eigenvalue weighted by molar-refractivity contribution is 6.00. The molecule has 2 aromatic carbocycles. The van der Waals surface area contributed by atoms with Gasteiger partial charge in [0.05, 0.1) is 22.6 Å². The van der Waals surface area contributed by atoms with Crippen LogP contribution in [0.2, 0.25) is 0 Å². The third-order valence-electron chi connectivity index (χ3n) is 4.44. The van der Waals surface area contributed by atoms with Crippen molar-refractivity contribution in [3.05, 3.63) is 82.2 Å². The first-order valence-electron chi connectivity index (χ1n) is 8.68. The Morgan fingerprint density at radius 1 is 0.889 bits per heavy atom. The van der Waals surface area contributed by atoms with Gasteiger partial charge in [0.15, 0.2) is 0 Å². The number of carbonyl (C=O) groups excluding carboxylic acids is 2. The van der Waals surface area contributed by atoms with Gasteiger partial charge in [-0.3, -0.25) is 20.4 Å². The number of nitrogens with one attached hydrogen (secondary N) is 2.